The molecular formula is C10H11BN2O. The van der Waals surface area contributed by atoms with Crippen molar-refractivity contribution in [3.05, 3.63) is 24.3 Å². The van der Waals surface area contributed by atoms with Crippen LogP contribution in [0.3, 0.4) is 0 Å². The lowest BCUT2D eigenvalue weighted by atomic mass is 9.96. The lowest BCUT2D eigenvalue weighted by molar-refractivity contribution is 0.251. The van der Waals surface area contributed by atoms with Crippen LogP contribution in [-0.4, -0.2) is 19.9 Å². The van der Waals surface area contributed by atoms with Crippen molar-refractivity contribution in [2.75, 3.05) is 5.32 Å². The zero-order valence-electron chi connectivity index (χ0n) is 7.79. The molecule has 3 nitrogen and oxygen atoms in total. The van der Waals surface area contributed by atoms with Gasteiger partial charge < -0.3 is 10.6 Å². The molecule has 0 saturated heterocycles. The Kier molecular flexibility index (Phi) is 2.44. The SMILES string of the molecule is [B]c1cccc(NC(=O)NC2CC2)c1. The highest BCUT2D eigenvalue weighted by Gasteiger charge is 2.22. The lowest BCUT2D eigenvalue weighted by Crippen LogP contribution is -2.30. The van der Waals surface area contributed by atoms with E-state index in [2.05, 4.69) is 10.6 Å². The van der Waals surface area contributed by atoms with Crippen molar-refractivity contribution in [2.24, 2.45) is 0 Å². The molecule has 1 aliphatic carbocycles. The average Bonchev–Trinajstić information content (AvgIpc) is 2.87. The number of benzene rings is 1. The normalized spacial score (nSPS) is 14.9. The van der Waals surface area contributed by atoms with Crippen LogP contribution in [0.15, 0.2) is 24.3 Å². The molecule has 1 aliphatic rings. The van der Waals surface area contributed by atoms with Gasteiger partial charge in [0.25, 0.3) is 0 Å². The van der Waals surface area contributed by atoms with Crippen molar-refractivity contribution in [1.29, 1.82) is 0 Å². The van der Waals surface area contributed by atoms with E-state index in [1.54, 1.807) is 12.1 Å². The van der Waals surface area contributed by atoms with Crippen molar-refractivity contribution in [3.63, 3.8) is 0 Å². The average molecular weight is 186 g/mol. The number of carbonyl (C=O) groups excluding carboxylic acids is 1. The number of anilines is 1. The van der Waals surface area contributed by atoms with Crippen LogP contribution >= 0.6 is 0 Å². The number of hydrogen-bond acceptors (Lipinski definition) is 1. The third-order valence-electron chi connectivity index (χ3n) is 2.06. The number of hydrogen-bond donors (Lipinski definition) is 2. The molecule has 2 radical (unpaired) electrons. The highest BCUT2D eigenvalue weighted by molar-refractivity contribution is 6.32. The molecule has 0 atom stereocenters. The van der Waals surface area contributed by atoms with E-state index >= 15 is 0 Å². The molecule has 0 aromatic heterocycles. The smallest absolute Gasteiger partial charge is 0.319 e. The maximum absolute atomic E-state index is 11.3. The fourth-order valence-electron chi connectivity index (χ4n) is 1.20. The van der Waals surface area contributed by atoms with Crippen molar-refractivity contribution in [3.8, 4) is 0 Å². The van der Waals surface area contributed by atoms with Crippen LogP contribution in [-0.2, 0) is 0 Å². The topological polar surface area (TPSA) is 41.1 Å². The molecule has 1 fully saturated rings. The molecule has 2 rings (SSSR count). The third-order valence-corrected chi connectivity index (χ3v) is 2.06. The van der Waals surface area contributed by atoms with E-state index in [4.69, 9.17) is 7.85 Å². The minimum Gasteiger partial charge on any atom is -0.335 e. The van der Waals surface area contributed by atoms with Crippen LogP contribution in [0.5, 0.6) is 0 Å². The first-order valence-electron chi connectivity index (χ1n) is 4.67. The predicted octanol–water partition coefficient (Wildman–Crippen LogP) is 0.764. The summed E-state index contributed by atoms with van der Waals surface area (Å²) < 4.78 is 0. The standard InChI is InChI=1S/C10H11BN2O/c11-7-2-1-3-9(6-7)13-10(14)12-8-4-5-8/h1-3,6,8H,4-5H2,(H2,12,13,14). The molecule has 0 unspecified atom stereocenters. The van der Waals surface area contributed by atoms with E-state index in [0.29, 0.717) is 11.5 Å². The first kappa shape index (κ1) is 9.12. The van der Waals surface area contributed by atoms with Gasteiger partial charge in [0, 0.05) is 11.7 Å². The highest BCUT2D eigenvalue weighted by atomic mass is 16.2. The van der Waals surface area contributed by atoms with E-state index in [9.17, 15) is 4.79 Å². The second-order valence-corrected chi connectivity index (χ2v) is 3.50. The molecule has 0 heterocycles. The first-order valence-corrected chi connectivity index (χ1v) is 4.67. The Labute approximate surface area is 84.3 Å². The fraction of sp³-hybridized carbons (Fsp3) is 0.300. The monoisotopic (exact) mass is 186 g/mol. The summed E-state index contributed by atoms with van der Waals surface area (Å²) in [6.45, 7) is 0. The number of rotatable bonds is 2. The van der Waals surface area contributed by atoms with Gasteiger partial charge in [0.15, 0.2) is 0 Å². The summed E-state index contributed by atoms with van der Waals surface area (Å²) in [5.41, 5.74) is 1.37. The third kappa shape index (κ3) is 2.52. The van der Waals surface area contributed by atoms with E-state index < -0.39 is 0 Å². The van der Waals surface area contributed by atoms with Gasteiger partial charge in [0.1, 0.15) is 7.85 Å². The van der Waals surface area contributed by atoms with Crippen molar-refractivity contribution in [1.82, 2.24) is 5.32 Å². The number of carbonyl (C=O) groups is 1. The van der Waals surface area contributed by atoms with E-state index in [1.807, 2.05) is 12.1 Å². The van der Waals surface area contributed by atoms with E-state index in [0.717, 1.165) is 18.5 Å². The molecule has 14 heavy (non-hydrogen) atoms. The molecule has 1 saturated carbocycles. The predicted molar refractivity (Wildman–Crippen MR) is 57.0 cm³/mol. The summed E-state index contributed by atoms with van der Waals surface area (Å²) in [5, 5.41) is 5.55. The second-order valence-electron chi connectivity index (χ2n) is 3.50. The Hall–Kier alpha value is -1.45. The minimum atomic E-state index is -0.155. The fourth-order valence-corrected chi connectivity index (χ4v) is 1.20. The van der Waals surface area contributed by atoms with Gasteiger partial charge >= 0.3 is 6.03 Å². The van der Waals surface area contributed by atoms with Gasteiger partial charge in [0.05, 0.1) is 0 Å². The molecular weight excluding hydrogens is 175 g/mol. The molecule has 1 aromatic carbocycles. The Morgan fingerprint density at radius 1 is 1.43 bits per heavy atom. The largest absolute Gasteiger partial charge is 0.335 e. The minimum absolute atomic E-state index is 0.155. The van der Waals surface area contributed by atoms with Gasteiger partial charge in [0.2, 0.25) is 0 Å². The van der Waals surface area contributed by atoms with Crippen molar-refractivity contribution < 1.29 is 4.79 Å². The van der Waals surface area contributed by atoms with Crippen LogP contribution in [0.25, 0.3) is 0 Å². The summed E-state index contributed by atoms with van der Waals surface area (Å²) in [4.78, 5) is 11.3. The van der Waals surface area contributed by atoms with Gasteiger partial charge in [-0.25, -0.2) is 4.79 Å². The van der Waals surface area contributed by atoms with Crippen LogP contribution in [0.4, 0.5) is 10.5 Å². The molecule has 0 aliphatic heterocycles. The van der Waals surface area contributed by atoms with Crippen LogP contribution < -0.4 is 16.1 Å². The zero-order chi connectivity index (χ0) is 9.97. The number of urea groups is 1. The highest BCUT2D eigenvalue weighted by Crippen LogP contribution is 2.18. The van der Waals surface area contributed by atoms with Crippen molar-refractivity contribution >= 4 is 25.0 Å². The van der Waals surface area contributed by atoms with Crippen LogP contribution in [0, 0.1) is 0 Å². The lowest BCUT2D eigenvalue weighted by Gasteiger charge is -2.06. The Morgan fingerprint density at radius 3 is 2.86 bits per heavy atom. The summed E-state index contributed by atoms with van der Waals surface area (Å²) >= 11 is 0. The molecule has 70 valence electrons. The summed E-state index contributed by atoms with van der Waals surface area (Å²) in [6.07, 6.45) is 2.18. The van der Waals surface area contributed by atoms with E-state index in [1.165, 1.54) is 0 Å². The number of nitrogens with one attached hydrogen (secondary N) is 2. The molecule has 1 aromatic rings. The Balaban J connectivity index is 1.92. The zero-order valence-corrected chi connectivity index (χ0v) is 7.79. The molecule has 0 spiro atoms. The Bertz CT molecular complexity index is 350. The molecule has 2 amide bonds. The number of amides is 2. The quantitative estimate of drug-likeness (QED) is 0.658. The van der Waals surface area contributed by atoms with Gasteiger partial charge in [-0.2, -0.15) is 0 Å². The maximum atomic E-state index is 11.3. The summed E-state index contributed by atoms with van der Waals surface area (Å²) in [5.74, 6) is 0. The van der Waals surface area contributed by atoms with Crippen LogP contribution in [0.1, 0.15) is 12.8 Å². The summed E-state index contributed by atoms with van der Waals surface area (Å²) in [6, 6.07) is 7.34. The van der Waals surface area contributed by atoms with Gasteiger partial charge in [-0.1, -0.05) is 17.6 Å². The molecule has 2 N–H and O–H groups in total. The van der Waals surface area contributed by atoms with Gasteiger partial charge in [-0.3, -0.25) is 0 Å². The molecule has 4 heteroatoms. The second kappa shape index (κ2) is 3.74. The Morgan fingerprint density at radius 2 is 2.21 bits per heavy atom. The first-order chi connectivity index (χ1) is 6.74. The van der Waals surface area contributed by atoms with E-state index in [-0.39, 0.29) is 6.03 Å². The van der Waals surface area contributed by atoms with Gasteiger partial charge in [-0.05, 0) is 25.0 Å². The van der Waals surface area contributed by atoms with Gasteiger partial charge in [-0.15, -0.1) is 0 Å². The van der Waals surface area contributed by atoms with Crippen molar-refractivity contribution in [2.45, 2.75) is 18.9 Å². The van der Waals surface area contributed by atoms with Crippen LogP contribution in [0.2, 0.25) is 0 Å². The molecule has 0 bridgehead atoms. The summed E-state index contributed by atoms with van der Waals surface area (Å²) in [7, 11) is 5.58. The maximum Gasteiger partial charge on any atom is 0.319 e.